The zero-order chi connectivity index (χ0) is 25.7. The Kier molecular flexibility index (Phi) is 8.53. The lowest BCUT2D eigenvalue weighted by atomic mass is 10.2. The summed E-state index contributed by atoms with van der Waals surface area (Å²) in [7, 11) is 1.57. The number of carbonyl (C=O) groups is 2. The average Bonchev–Trinajstić information content (AvgIpc) is 3.32. The molecule has 0 spiro atoms. The molecule has 1 aromatic heterocycles. The van der Waals surface area contributed by atoms with Gasteiger partial charge in [-0.15, -0.1) is 23.1 Å². The van der Waals surface area contributed by atoms with E-state index in [-0.39, 0.29) is 11.8 Å². The molecule has 1 unspecified atom stereocenters. The fraction of sp³-hybridized carbons (Fsp3) is 0.115. The van der Waals surface area contributed by atoms with Crippen LogP contribution in [0.15, 0.2) is 77.0 Å². The summed E-state index contributed by atoms with van der Waals surface area (Å²) < 4.78 is 5.13. The summed E-state index contributed by atoms with van der Waals surface area (Å²) in [6.45, 7) is 1.81. The summed E-state index contributed by atoms with van der Waals surface area (Å²) in [5, 5.41) is 8.69. The van der Waals surface area contributed by atoms with Gasteiger partial charge in [0.1, 0.15) is 5.75 Å². The van der Waals surface area contributed by atoms with Crippen LogP contribution in [0.5, 0.6) is 5.75 Å². The second-order valence-electron chi connectivity index (χ2n) is 7.62. The lowest BCUT2D eigenvalue weighted by Gasteiger charge is -2.12. The molecule has 2 N–H and O–H groups in total. The fourth-order valence-corrected chi connectivity index (χ4v) is 5.35. The Hall–Kier alpha value is -3.04. The minimum Gasteiger partial charge on any atom is -0.497 e. The van der Waals surface area contributed by atoms with Gasteiger partial charge in [0.15, 0.2) is 5.13 Å². The molecule has 0 saturated heterocycles. The summed E-state index contributed by atoms with van der Waals surface area (Å²) in [6, 6.07) is 19.4. The standard InChI is InChI=1S/C26H21Cl2N3O3S2/c1-15(24(32)31-26-30-23(14-35-26)21-11-8-17(27)12-22(21)28)36-20-5-3-4-18(13-20)29-25(33)16-6-9-19(34-2)10-7-16/h3-15H,1-2H3,(H,29,33)(H,30,31,32). The van der Waals surface area contributed by atoms with Crippen LogP contribution in [0, 0.1) is 0 Å². The number of benzene rings is 3. The van der Waals surface area contributed by atoms with Gasteiger partial charge in [0.2, 0.25) is 5.91 Å². The zero-order valence-electron chi connectivity index (χ0n) is 19.2. The minimum atomic E-state index is -0.399. The number of methoxy groups -OCH3 is 1. The number of nitrogens with zero attached hydrogens (tertiary/aromatic N) is 1. The number of ether oxygens (including phenoxy) is 1. The van der Waals surface area contributed by atoms with Crippen LogP contribution >= 0.6 is 46.3 Å². The van der Waals surface area contributed by atoms with E-state index in [4.69, 9.17) is 27.9 Å². The number of halogens is 2. The highest BCUT2D eigenvalue weighted by atomic mass is 35.5. The molecule has 1 heterocycles. The highest BCUT2D eigenvalue weighted by Gasteiger charge is 2.17. The smallest absolute Gasteiger partial charge is 0.255 e. The first-order valence-corrected chi connectivity index (χ1v) is 13.3. The van der Waals surface area contributed by atoms with Crippen LogP contribution in [0.1, 0.15) is 17.3 Å². The number of carbonyl (C=O) groups excluding carboxylic acids is 2. The van der Waals surface area contributed by atoms with Gasteiger partial charge in [0, 0.05) is 32.1 Å². The van der Waals surface area contributed by atoms with Gasteiger partial charge in [-0.2, -0.15) is 0 Å². The van der Waals surface area contributed by atoms with Gasteiger partial charge >= 0.3 is 0 Å². The minimum absolute atomic E-state index is 0.184. The number of hydrogen-bond acceptors (Lipinski definition) is 6. The Bertz CT molecular complexity index is 1390. The van der Waals surface area contributed by atoms with Crippen molar-refractivity contribution >= 4 is 68.9 Å². The van der Waals surface area contributed by atoms with Crippen molar-refractivity contribution in [2.45, 2.75) is 17.1 Å². The van der Waals surface area contributed by atoms with Crippen LogP contribution in [0.2, 0.25) is 10.0 Å². The van der Waals surface area contributed by atoms with Crippen molar-refractivity contribution in [2.75, 3.05) is 17.7 Å². The molecule has 2 amide bonds. The van der Waals surface area contributed by atoms with Crippen LogP contribution in [0.4, 0.5) is 10.8 Å². The molecule has 10 heteroatoms. The normalized spacial score (nSPS) is 11.6. The van der Waals surface area contributed by atoms with Gasteiger partial charge in [0.05, 0.1) is 23.1 Å². The van der Waals surface area contributed by atoms with Gasteiger partial charge in [-0.25, -0.2) is 4.98 Å². The molecule has 0 aliphatic heterocycles. The third kappa shape index (κ3) is 6.59. The maximum absolute atomic E-state index is 12.8. The number of nitrogens with one attached hydrogen (secondary N) is 2. The number of hydrogen-bond donors (Lipinski definition) is 2. The zero-order valence-corrected chi connectivity index (χ0v) is 22.4. The molecule has 184 valence electrons. The molecule has 4 aromatic rings. The second kappa shape index (κ2) is 11.8. The van der Waals surface area contributed by atoms with Gasteiger partial charge in [-0.1, -0.05) is 29.3 Å². The first-order valence-electron chi connectivity index (χ1n) is 10.8. The van der Waals surface area contributed by atoms with E-state index in [0.29, 0.717) is 37.9 Å². The van der Waals surface area contributed by atoms with Gasteiger partial charge in [0.25, 0.3) is 5.91 Å². The number of aromatic nitrogens is 1. The second-order valence-corrected chi connectivity index (χ2v) is 10.7. The lowest BCUT2D eigenvalue weighted by Crippen LogP contribution is -2.22. The summed E-state index contributed by atoms with van der Waals surface area (Å²) in [4.78, 5) is 30.7. The molecule has 0 saturated carbocycles. The van der Waals surface area contributed by atoms with E-state index in [1.165, 1.54) is 23.1 Å². The summed E-state index contributed by atoms with van der Waals surface area (Å²) in [6.07, 6.45) is 0. The van der Waals surface area contributed by atoms with Gasteiger partial charge in [-0.05, 0) is 67.6 Å². The molecule has 4 rings (SSSR count). The quantitative estimate of drug-likeness (QED) is 0.219. The van der Waals surface area contributed by atoms with E-state index in [1.54, 1.807) is 55.6 Å². The van der Waals surface area contributed by atoms with Crippen molar-refractivity contribution in [1.82, 2.24) is 4.98 Å². The van der Waals surface area contributed by atoms with Crippen molar-refractivity contribution in [2.24, 2.45) is 0 Å². The third-order valence-corrected chi connectivity index (χ3v) is 7.47. The van der Waals surface area contributed by atoms with Crippen LogP contribution in [-0.2, 0) is 4.79 Å². The molecule has 36 heavy (non-hydrogen) atoms. The first kappa shape index (κ1) is 26.0. The fourth-order valence-electron chi connectivity index (χ4n) is 3.21. The lowest BCUT2D eigenvalue weighted by molar-refractivity contribution is -0.115. The number of rotatable bonds is 8. The van der Waals surface area contributed by atoms with Crippen LogP contribution in [-0.4, -0.2) is 29.2 Å². The van der Waals surface area contributed by atoms with E-state index in [0.717, 1.165) is 10.5 Å². The van der Waals surface area contributed by atoms with E-state index < -0.39 is 5.25 Å². The molecule has 0 aliphatic rings. The first-order chi connectivity index (χ1) is 17.3. The highest BCUT2D eigenvalue weighted by Crippen LogP contribution is 2.33. The molecule has 0 fully saturated rings. The Morgan fingerprint density at radius 2 is 1.81 bits per heavy atom. The summed E-state index contributed by atoms with van der Waals surface area (Å²) in [5.41, 5.74) is 2.56. The molecular weight excluding hydrogens is 537 g/mol. The molecule has 0 radical (unpaired) electrons. The van der Waals surface area contributed by atoms with E-state index >= 15 is 0 Å². The van der Waals surface area contributed by atoms with E-state index in [9.17, 15) is 9.59 Å². The van der Waals surface area contributed by atoms with E-state index in [2.05, 4.69) is 15.6 Å². The van der Waals surface area contributed by atoms with Crippen molar-refractivity contribution in [3.63, 3.8) is 0 Å². The van der Waals surface area contributed by atoms with Crippen LogP contribution < -0.4 is 15.4 Å². The van der Waals surface area contributed by atoms with Crippen molar-refractivity contribution in [3.8, 4) is 17.0 Å². The van der Waals surface area contributed by atoms with Crippen LogP contribution in [0.25, 0.3) is 11.3 Å². The Labute approximate surface area is 227 Å². The Balaban J connectivity index is 1.36. The maximum atomic E-state index is 12.8. The van der Waals surface area contributed by atoms with Crippen molar-refractivity contribution in [1.29, 1.82) is 0 Å². The monoisotopic (exact) mass is 557 g/mol. The van der Waals surface area contributed by atoms with Crippen LogP contribution in [0.3, 0.4) is 0 Å². The summed E-state index contributed by atoms with van der Waals surface area (Å²) >= 11 is 14.9. The Morgan fingerprint density at radius 1 is 1.03 bits per heavy atom. The largest absolute Gasteiger partial charge is 0.497 e. The molecule has 6 nitrogen and oxygen atoms in total. The molecule has 1 atom stereocenters. The Morgan fingerprint density at radius 3 is 2.53 bits per heavy atom. The van der Waals surface area contributed by atoms with E-state index in [1.807, 2.05) is 30.5 Å². The summed E-state index contributed by atoms with van der Waals surface area (Å²) in [5.74, 6) is 0.265. The van der Waals surface area contributed by atoms with Gasteiger partial charge < -0.3 is 15.4 Å². The predicted molar refractivity (Wildman–Crippen MR) is 149 cm³/mol. The predicted octanol–water partition coefficient (Wildman–Crippen LogP) is 7.50. The molecule has 0 aliphatic carbocycles. The molecule has 3 aromatic carbocycles. The third-order valence-electron chi connectivity index (χ3n) is 5.07. The average molecular weight is 559 g/mol. The maximum Gasteiger partial charge on any atom is 0.255 e. The molecule has 0 bridgehead atoms. The number of thioether (sulfide) groups is 1. The van der Waals surface area contributed by atoms with Gasteiger partial charge in [-0.3, -0.25) is 9.59 Å². The topological polar surface area (TPSA) is 80.3 Å². The van der Waals surface area contributed by atoms with Crippen molar-refractivity contribution < 1.29 is 14.3 Å². The highest BCUT2D eigenvalue weighted by molar-refractivity contribution is 8.00. The van der Waals surface area contributed by atoms with Crippen molar-refractivity contribution in [3.05, 3.63) is 87.7 Å². The SMILES string of the molecule is COc1ccc(C(=O)Nc2cccc(SC(C)C(=O)Nc3nc(-c4ccc(Cl)cc4Cl)cs3)c2)cc1. The number of amides is 2. The number of thiazole rings is 1. The number of anilines is 2. The molecular formula is C26H21Cl2N3O3S2.